The molecule has 0 saturated carbocycles. The first-order chi connectivity index (χ1) is 12.1. The second-order valence-electron chi connectivity index (χ2n) is 5.71. The number of hydrogen-bond acceptors (Lipinski definition) is 3. The van der Waals surface area contributed by atoms with Crippen molar-refractivity contribution in [1.82, 2.24) is 9.88 Å². The SMILES string of the molecule is O=C(NCC(O)Cn1ccccc1=O)Nc1cccc2ccccc12. The third kappa shape index (κ3) is 4.24. The van der Waals surface area contributed by atoms with Crippen molar-refractivity contribution < 1.29 is 9.90 Å². The Morgan fingerprint density at radius 2 is 1.80 bits per heavy atom. The molecule has 0 saturated heterocycles. The van der Waals surface area contributed by atoms with Gasteiger partial charge in [0.1, 0.15) is 0 Å². The number of pyridine rings is 1. The van der Waals surface area contributed by atoms with Crippen molar-refractivity contribution in [2.75, 3.05) is 11.9 Å². The molecule has 0 spiro atoms. The number of hydrogen-bond donors (Lipinski definition) is 3. The van der Waals surface area contributed by atoms with Gasteiger partial charge in [-0.3, -0.25) is 4.79 Å². The summed E-state index contributed by atoms with van der Waals surface area (Å²) in [6.45, 7) is 0.159. The molecule has 25 heavy (non-hydrogen) atoms. The summed E-state index contributed by atoms with van der Waals surface area (Å²) in [6, 6.07) is 17.8. The molecule has 1 atom stereocenters. The van der Waals surface area contributed by atoms with Gasteiger partial charge in [-0.2, -0.15) is 0 Å². The molecule has 0 aliphatic rings. The Labute approximate surface area is 144 Å². The van der Waals surface area contributed by atoms with Crippen molar-refractivity contribution in [2.24, 2.45) is 0 Å². The minimum atomic E-state index is -0.863. The maximum absolute atomic E-state index is 12.1. The van der Waals surface area contributed by atoms with Crippen LogP contribution >= 0.6 is 0 Å². The third-order valence-corrected chi connectivity index (χ3v) is 3.84. The average Bonchev–Trinajstić information content (AvgIpc) is 2.62. The summed E-state index contributed by atoms with van der Waals surface area (Å²) in [5, 5.41) is 17.4. The van der Waals surface area contributed by atoms with E-state index in [0.717, 1.165) is 10.8 Å². The van der Waals surface area contributed by atoms with Crippen LogP contribution in [-0.4, -0.2) is 28.4 Å². The second-order valence-corrected chi connectivity index (χ2v) is 5.71. The van der Waals surface area contributed by atoms with Gasteiger partial charge in [0.25, 0.3) is 5.56 Å². The zero-order chi connectivity index (χ0) is 17.6. The molecular formula is C19H19N3O3. The van der Waals surface area contributed by atoms with Crippen LogP contribution in [0.15, 0.2) is 71.7 Å². The van der Waals surface area contributed by atoms with Gasteiger partial charge in [-0.25, -0.2) is 4.79 Å². The number of amides is 2. The number of carbonyl (C=O) groups excluding carboxylic acids is 1. The van der Waals surface area contributed by atoms with E-state index in [1.165, 1.54) is 10.6 Å². The monoisotopic (exact) mass is 337 g/mol. The number of nitrogens with one attached hydrogen (secondary N) is 2. The number of aromatic nitrogens is 1. The van der Waals surface area contributed by atoms with Gasteiger partial charge in [-0.15, -0.1) is 0 Å². The molecule has 0 aliphatic heterocycles. The van der Waals surface area contributed by atoms with Crippen LogP contribution in [0.2, 0.25) is 0 Å². The largest absolute Gasteiger partial charge is 0.389 e. The molecule has 1 heterocycles. The van der Waals surface area contributed by atoms with Crippen LogP contribution in [0.25, 0.3) is 10.8 Å². The fourth-order valence-corrected chi connectivity index (χ4v) is 2.61. The lowest BCUT2D eigenvalue weighted by atomic mass is 10.1. The van der Waals surface area contributed by atoms with Gasteiger partial charge < -0.3 is 20.3 Å². The summed E-state index contributed by atoms with van der Waals surface area (Å²) in [5.41, 5.74) is 0.506. The van der Waals surface area contributed by atoms with Crippen molar-refractivity contribution in [3.05, 3.63) is 77.2 Å². The third-order valence-electron chi connectivity index (χ3n) is 3.84. The number of aliphatic hydroxyl groups excluding tert-OH is 1. The van der Waals surface area contributed by atoms with Crippen molar-refractivity contribution in [3.8, 4) is 0 Å². The van der Waals surface area contributed by atoms with Crippen LogP contribution in [0.1, 0.15) is 0 Å². The predicted octanol–water partition coefficient (Wildman–Crippen LogP) is 2.18. The number of urea groups is 1. The topological polar surface area (TPSA) is 83.4 Å². The number of nitrogens with zero attached hydrogens (tertiary/aromatic N) is 1. The summed E-state index contributed by atoms with van der Waals surface area (Å²) in [7, 11) is 0. The molecule has 3 rings (SSSR count). The van der Waals surface area contributed by atoms with Crippen LogP contribution in [-0.2, 0) is 6.54 Å². The fraction of sp³-hybridized carbons (Fsp3) is 0.158. The highest BCUT2D eigenvalue weighted by Gasteiger charge is 2.09. The van der Waals surface area contributed by atoms with Gasteiger partial charge in [0.05, 0.1) is 18.3 Å². The Morgan fingerprint density at radius 3 is 2.64 bits per heavy atom. The smallest absolute Gasteiger partial charge is 0.319 e. The summed E-state index contributed by atoms with van der Waals surface area (Å²) in [4.78, 5) is 23.7. The lowest BCUT2D eigenvalue weighted by Crippen LogP contribution is -2.38. The summed E-state index contributed by atoms with van der Waals surface area (Å²) in [6.07, 6.45) is 0.736. The maximum atomic E-state index is 12.1. The minimum absolute atomic E-state index is 0.0396. The first-order valence-corrected chi connectivity index (χ1v) is 7.99. The Hall–Kier alpha value is -3.12. The maximum Gasteiger partial charge on any atom is 0.319 e. The van der Waals surface area contributed by atoms with E-state index in [0.29, 0.717) is 5.69 Å². The highest BCUT2D eigenvalue weighted by molar-refractivity contribution is 6.01. The number of benzene rings is 2. The lowest BCUT2D eigenvalue weighted by Gasteiger charge is -2.14. The molecule has 0 aliphatic carbocycles. The normalized spacial score (nSPS) is 11.9. The van der Waals surface area contributed by atoms with E-state index in [4.69, 9.17) is 0 Å². The molecule has 6 heteroatoms. The van der Waals surface area contributed by atoms with Crippen LogP contribution in [0.3, 0.4) is 0 Å². The second kappa shape index (κ2) is 7.63. The fourth-order valence-electron chi connectivity index (χ4n) is 2.61. The van der Waals surface area contributed by atoms with E-state index in [-0.39, 0.29) is 18.6 Å². The lowest BCUT2D eigenvalue weighted by molar-refractivity contribution is 0.151. The molecule has 1 unspecified atom stereocenters. The van der Waals surface area contributed by atoms with Crippen LogP contribution in [0.4, 0.5) is 10.5 Å². The highest BCUT2D eigenvalue weighted by atomic mass is 16.3. The van der Waals surface area contributed by atoms with E-state index < -0.39 is 12.1 Å². The molecule has 3 aromatic rings. The molecule has 1 aromatic heterocycles. The number of anilines is 1. The number of rotatable bonds is 5. The predicted molar refractivity (Wildman–Crippen MR) is 97.7 cm³/mol. The molecule has 2 amide bonds. The zero-order valence-corrected chi connectivity index (χ0v) is 13.6. The van der Waals surface area contributed by atoms with E-state index in [1.807, 2.05) is 42.5 Å². The van der Waals surface area contributed by atoms with E-state index in [2.05, 4.69) is 10.6 Å². The van der Waals surface area contributed by atoms with Gasteiger partial charge in [0.15, 0.2) is 0 Å². The summed E-state index contributed by atoms with van der Waals surface area (Å²) < 4.78 is 1.40. The van der Waals surface area contributed by atoms with Gasteiger partial charge in [0.2, 0.25) is 0 Å². The number of aliphatic hydroxyl groups is 1. The van der Waals surface area contributed by atoms with Crippen molar-refractivity contribution >= 4 is 22.5 Å². The van der Waals surface area contributed by atoms with E-state index >= 15 is 0 Å². The van der Waals surface area contributed by atoms with Gasteiger partial charge in [-0.1, -0.05) is 42.5 Å². The molecule has 6 nitrogen and oxygen atoms in total. The highest BCUT2D eigenvalue weighted by Crippen LogP contribution is 2.22. The molecular weight excluding hydrogens is 318 g/mol. The molecule has 0 bridgehead atoms. The van der Waals surface area contributed by atoms with Gasteiger partial charge in [-0.05, 0) is 17.5 Å². The van der Waals surface area contributed by atoms with E-state index in [1.54, 1.807) is 18.3 Å². The molecule has 2 aromatic carbocycles. The number of carbonyl (C=O) groups is 1. The molecule has 128 valence electrons. The van der Waals surface area contributed by atoms with Crippen molar-refractivity contribution in [3.63, 3.8) is 0 Å². The first kappa shape index (κ1) is 16.7. The van der Waals surface area contributed by atoms with E-state index in [9.17, 15) is 14.7 Å². The Balaban J connectivity index is 1.57. The summed E-state index contributed by atoms with van der Waals surface area (Å²) in [5.74, 6) is 0. The standard InChI is InChI=1S/C19H19N3O3/c23-15(13-22-11-4-3-10-18(22)24)12-20-19(25)21-17-9-5-7-14-6-1-2-8-16(14)17/h1-11,15,23H,12-13H2,(H2,20,21,25). The Bertz CT molecular complexity index is 931. The van der Waals surface area contributed by atoms with Crippen LogP contribution in [0, 0.1) is 0 Å². The van der Waals surface area contributed by atoms with Gasteiger partial charge in [0, 0.05) is 24.2 Å². The average molecular weight is 337 g/mol. The van der Waals surface area contributed by atoms with Crippen molar-refractivity contribution in [2.45, 2.75) is 12.6 Å². The van der Waals surface area contributed by atoms with Crippen molar-refractivity contribution in [1.29, 1.82) is 0 Å². The first-order valence-electron chi connectivity index (χ1n) is 7.99. The van der Waals surface area contributed by atoms with Crippen LogP contribution in [0.5, 0.6) is 0 Å². The summed E-state index contributed by atoms with van der Waals surface area (Å²) >= 11 is 0. The Morgan fingerprint density at radius 1 is 1.04 bits per heavy atom. The molecule has 0 radical (unpaired) electrons. The Kier molecular flexibility index (Phi) is 5.11. The number of fused-ring (bicyclic) bond motifs is 1. The molecule has 0 fully saturated rings. The minimum Gasteiger partial charge on any atom is -0.389 e. The molecule has 3 N–H and O–H groups in total. The van der Waals surface area contributed by atoms with Crippen LogP contribution < -0.4 is 16.2 Å². The quantitative estimate of drug-likeness (QED) is 0.667. The zero-order valence-electron chi connectivity index (χ0n) is 13.6. The van der Waals surface area contributed by atoms with Gasteiger partial charge >= 0.3 is 6.03 Å².